The summed E-state index contributed by atoms with van der Waals surface area (Å²) in [6.45, 7) is 2.32. The second kappa shape index (κ2) is 14.0. The average molecular weight is 562 g/mol. The Balaban J connectivity index is 1.51. The second-order valence-electron chi connectivity index (χ2n) is 10.3. The van der Waals surface area contributed by atoms with E-state index >= 15 is 0 Å². The minimum Gasteiger partial charge on any atom is -0.481 e. The molecule has 0 aliphatic heterocycles. The summed E-state index contributed by atoms with van der Waals surface area (Å²) >= 11 is 6.03. The fourth-order valence-corrected chi connectivity index (χ4v) is 5.20. The number of amides is 3. The van der Waals surface area contributed by atoms with Crippen LogP contribution < -0.4 is 15.5 Å². The summed E-state index contributed by atoms with van der Waals surface area (Å²) in [6.07, 6.45) is 6.18. The lowest BCUT2D eigenvalue weighted by Crippen LogP contribution is -2.40. The maximum atomic E-state index is 13.6. The number of aliphatic carboxylic acids is 1. The first kappa shape index (κ1) is 29.2. The maximum Gasteiger partial charge on any atom is 0.322 e. The van der Waals surface area contributed by atoms with Crippen molar-refractivity contribution in [3.8, 4) is 0 Å². The third-order valence-corrected chi connectivity index (χ3v) is 7.67. The lowest BCUT2D eigenvalue weighted by Gasteiger charge is -2.26. The normalized spacial score (nSPS) is 14.2. The topological polar surface area (TPSA) is 98.7 Å². The van der Waals surface area contributed by atoms with E-state index in [0.29, 0.717) is 28.7 Å². The van der Waals surface area contributed by atoms with Gasteiger partial charge >= 0.3 is 12.0 Å². The molecule has 3 aromatic carbocycles. The Hall–Kier alpha value is -3.84. The van der Waals surface area contributed by atoms with E-state index in [1.54, 1.807) is 41.3 Å². The Labute approximate surface area is 240 Å². The van der Waals surface area contributed by atoms with Crippen molar-refractivity contribution in [2.45, 2.75) is 64.0 Å². The highest BCUT2D eigenvalue weighted by atomic mass is 35.5. The number of carbonyl (C=O) groups is 3. The van der Waals surface area contributed by atoms with Gasteiger partial charge in [-0.3, -0.25) is 14.5 Å². The lowest BCUT2D eigenvalue weighted by atomic mass is 9.84. The Morgan fingerprint density at radius 3 is 2.20 bits per heavy atom. The standard InChI is InChI=1S/C32H36ClN3O4/c1-22(24-11-15-28(33)16-12-24)35-32(40)36(21-23-7-9-26(10-8-23)25-5-3-2-4-6-25)29-17-13-27(14-18-29)31(39)34-20-19-30(37)38/h7-18,22,25H,2-6,19-21H2,1H3,(H,34,39)(H,35,40)(H,37,38)/t22-/m1/s1. The number of hydrogen-bond acceptors (Lipinski definition) is 3. The molecule has 3 N–H and O–H groups in total. The molecular weight excluding hydrogens is 526 g/mol. The molecule has 1 aliphatic rings. The van der Waals surface area contributed by atoms with E-state index < -0.39 is 5.97 Å². The van der Waals surface area contributed by atoms with Crippen molar-refractivity contribution in [1.82, 2.24) is 10.6 Å². The van der Waals surface area contributed by atoms with Gasteiger partial charge in [0.25, 0.3) is 5.91 Å². The van der Waals surface area contributed by atoms with Gasteiger partial charge in [0.05, 0.1) is 19.0 Å². The lowest BCUT2D eigenvalue weighted by molar-refractivity contribution is -0.136. The third kappa shape index (κ3) is 8.09. The molecule has 0 heterocycles. The predicted molar refractivity (Wildman–Crippen MR) is 158 cm³/mol. The van der Waals surface area contributed by atoms with Crippen LogP contribution in [-0.4, -0.2) is 29.6 Å². The predicted octanol–water partition coefficient (Wildman–Crippen LogP) is 7.07. The molecule has 0 bridgehead atoms. The van der Waals surface area contributed by atoms with E-state index in [9.17, 15) is 14.4 Å². The number of hydrogen-bond donors (Lipinski definition) is 3. The van der Waals surface area contributed by atoms with Gasteiger partial charge in [-0.25, -0.2) is 4.79 Å². The smallest absolute Gasteiger partial charge is 0.322 e. The molecule has 1 fully saturated rings. The van der Waals surface area contributed by atoms with E-state index in [4.69, 9.17) is 16.7 Å². The number of anilines is 1. The number of benzene rings is 3. The molecule has 3 amide bonds. The molecule has 0 radical (unpaired) electrons. The number of carboxylic acid groups (broad SMARTS) is 1. The van der Waals surface area contributed by atoms with Gasteiger partial charge in [0.1, 0.15) is 0 Å². The molecule has 210 valence electrons. The molecule has 4 rings (SSSR count). The van der Waals surface area contributed by atoms with Crippen LogP contribution in [0.1, 0.15) is 84.5 Å². The zero-order valence-corrected chi connectivity index (χ0v) is 23.5. The maximum absolute atomic E-state index is 13.6. The minimum atomic E-state index is -0.975. The van der Waals surface area contributed by atoms with E-state index in [1.807, 2.05) is 19.1 Å². The zero-order valence-electron chi connectivity index (χ0n) is 22.7. The molecule has 0 spiro atoms. The number of rotatable bonds is 10. The molecule has 40 heavy (non-hydrogen) atoms. The Morgan fingerprint density at radius 2 is 1.57 bits per heavy atom. The summed E-state index contributed by atoms with van der Waals surface area (Å²) in [7, 11) is 0. The van der Waals surface area contributed by atoms with Crippen LogP contribution in [0.2, 0.25) is 5.02 Å². The minimum absolute atomic E-state index is 0.0455. The van der Waals surface area contributed by atoms with Crippen LogP contribution in [0.25, 0.3) is 0 Å². The van der Waals surface area contributed by atoms with E-state index in [1.165, 1.54) is 37.7 Å². The summed E-state index contributed by atoms with van der Waals surface area (Å²) in [5.41, 5.74) is 4.32. The van der Waals surface area contributed by atoms with Crippen molar-refractivity contribution in [3.63, 3.8) is 0 Å². The fourth-order valence-electron chi connectivity index (χ4n) is 5.07. The highest BCUT2D eigenvalue weighted by molar-refractivity contribution is 6.30. The van der Waals surface area contributed by atoms with Crippen molar-refractivity contribution < 1.29 is 19.5 Å². The van der Waals surface area contributed by atoms with E-state index in [2.05, 4.69) is 34.9 Å². The van der Waals surface area contributed by atoms with Crippen LogP contribution in [0.4, 0.5) is 10.5 Å². The van der Waals surface area contributed by atoms with Crippen LogP contribution in [0.5, 0.6) is 0 Å². The molecule has 1 aliphatic carbocycles. The van der Waals surface area contributed by atoms with Crippen molar-refractivity contribution in [1.29, 1.82) is 0 Å². The van der Waals surface area contributed by atoms with Gasteiger partial charge in [-0.1, -0.05) is 67.3 Å². The van der Waals surface area contributed by atoms with Gasteiger partial charge in [-0.05, 0) is 78.8 Å². The highest BCUT2D eigenvalue weighted by Gasteiger charge is 2.21. The van der Waals surface area contributed by atoms with Crippen LogP contribution in [0.3, 0.4) is 0 Å². The molecule has 0 aromatic heterocycles. The van der Waals surface area contributed by atoms with Crippen molar-refractivity contribution in [2.75, 3.05) is 11.4 Å². The molecule has 0 unspecified atom stereocenters. The second-order valence-corrected chi connectivity index (χ2v) is 10.8. The first-order valence-corrected chi connectivity index (χ1v) is 14.2. The van der Waals surface area contributed by atoms with Crippen molar-refractivity contribution in [3.05, 3.63) is 100 Å². The number of halogens is 1. The molecule has 8 heteroatoms. The van der Waals surface area contributed by atoms with E-state index in [-0.39, 0.29) is 30.9 Å². The van der Waals surface area contributed by atoms with E-state index in [0.717, 1.165) is 11.1 Å². The number of nitrogens with zero attached hydrogens (tertiary/aromatic N) is 1. The van der Waals surface area contributed by atoms with Crippen LogP contribution in [-0.2, 0) is 11.3 Å². The van der Waals surface area contributed by atoms with Gasteiger partial charge in [0, 0.05) is 22.8 Å². The molecular formula is C32H36ClN3O4. The molecule has 1 atom stereocenters. The zero-order chi connectivity index (χ0) is 28.5. The average Bonchev–Trinajstić information content (AvgIpc) is 2.97. The first-order chi connectivity index (χ1) is 19.3. The molecule has 0 saturated heterocycles. The molecule has 7 nitrogen and oxygen atoms in total. The number of urea groups is 1. The first-order valence-electron chi connectivity index (χ1n) is 13.8. The van der Waals surface area contributed by atoms with Crippen LogP contribution in [0.15, 0.2) is 72.8 Å². The summed E-state index contributed by atoms with van der Waals surface area (Å²) < 4.78 is 0. The molecule has 3 aromatic rings. The van der Waals surface area contributed by atoms with Gasteiger partial charge in [-0.2, -0.15) is 0 Å². The summed E-state index contributed by atoms with van der Waals surface area (Å²) in [4.78, 5) is 38.4. The molecule has 1 saturated carbocycles. The van der Waals surface area contributed by atoms with Gasteiger partial charge in [0.2, 0.25) is 0 Å². The number of carbonyl (C=O) groups excluding carboxylic acids is 2. The van der Waals surface area contributed by atoms with Gasteiger partial charge in [0.15, 0.2) is 0 Å². The quantitative estimate of drug-likeness (QED) is 0.246. The van der Waals surface area contributed by atoms with Gasteiger partial charge in [-0.15, -0.1) is 0 Å². The van der Waals surface area contributed by atoms with Crippen LogP contribution in [0, 0.1) is 0 Å². The largest absolute Gasteiger partial charge is 0.481 e. The third-order valence-electron chi connectivity index (χ3n) is 7.42. The Kier molecular flexibility index (Phi) is 10.2. The highest BCUT2D eigenvalue weighted by Crippen LogP contribution is 2.33. The number of nitrogens with one attached hydrogen (secondary N) is 2. The summed E-state index contributed by atoms with van der Waals surface area (Å²) in [5, 5.41) is 15.1. The Bertz CT molecular complexity index is 1290. The summed E-state index contributed by atoms with van der Waals surface area (Å²) in [5.74, 6) is -0.730. The van der Waals surface area contributed by atoms with Gasteiger partial charge < -0.3 is 15.7 Å². The van der Waals surface area contributed by atoms with Crippen LogP contribution >= 0.6 is 11.6 Å². The van der Waals surface area contributed by atoms with Crippen molar-refractivity contribution >= 4 is 35.2 Å². The summed E-state index contributed by atoms with van der Waals surface area (Å²) in [6, 6.07) is 22.2. The Morgan fingerprint density at radius 1 is 0.925 bits per heavy atom. The fraction of sp³-hybridized carbons (Fsp3) is 0.344. The SMILES string of the molecule is C[C@@H](NC(=O)N(Cc1ccc(C2CCCCC2)cc1)c1ccc(C(=O)NCCC(=O)O)cc1)c1ccc(Cl)cc1. The number of carboxylic acids is 1. The van der Waals surface area contributed by atoms with Crippen molar-refractivity contribution in [2.24, 2.45) is 0 Å². The monoisotopic (exact) mass is 561 g/mol.